The maximum atomic E-state index is 12.8. The highest BCUT2D eigenvalue weighted by Gasteiger charge is 2.52. The van der Waals surface area contributed by atoms with E-state index < -0.39 is 17.4 Å². The van der Waals surface area contributed by atoms with Gasteiger partial charge in [-0.05, 0) is 25.7 Å². The first-order chi connectivity index (χ1) is 10.1. The number of urea groups is 1. The van der Waals surface area contributed by atoms with Gasteiger partial charge in [0.2, 0.25) is 11.8 Å². The number of ether oxygens (including phenoxy) is 1. The van der Waals surface area contributed by atoms with E-state index in [2.05, 4.69) is 5.32 Å². The molecule has 6 nitrogen and oxygen atoms in total. The Hall–Kier alpha value is -1.43. The van der Waals surface area contributed by atoms with Crippen molar-refractivity contribution in [3.63, 3.8) is 0 Å². The summed E-state index contributed by atoms with van der Waals surface area (Å²) in [6.07, 6.45) is 6.41. The summed E-state index contributed by atoms with van der Waals surface area (Å²) in [5.74, 6) is -0.692. The molecular formula is C15H24N2O4. The molecule has 0 radical (unpaired) electrons. The van der Waals surface area contributed by atoms with Crippen molar-refractivity contribution in [2.75, 3.05) is 20.3 Å². The van der Waals surface area contributed by atoms with E-state index in [1.54, 1.807) is 7.11 Å². The van der Waals surface area contributed by atoms with Gasteiger partial charge >= 0.3 is 6.03 Å². The highest BCUT2D eigenvalue weighted by Crippen LogP contribution is 2.39. The van der Waals surface area contributed by atoms with E-state index in [0.717, 1.165) is 32.1 Å². The molecule has 0 aromatic rings. The molecule has 118 valence electrons. The highest BCUT2D eigenvalue weighted by molar-refractivity contribution is 6.19. The first-order valence-electron chi connectivity index (χ1n) is 7.78. The molecule has 2 aliphatic rings. The van der Waals surface area contributed by atoms with Crippen LogP contribution in [0.4, 0.5) is 4.79 Å². The minimum Gasteiger partial charge on any atom is -0.385 e. The van der Waals surface area contributed by atoms with E-state index in [9.17, 15) is 14.4 Å². The second-order valence-electron chi connectivity index (χ2n) is 5.91. The van der Waals surface area contributed by atoms with Gasteiger partial charge in [-0.1, -0.05) is 25.7 Å². The Kier molecular flexibility index (Phi) is 5.33. The third-order valence-electron chi connectivity index (χ3n) is 4.49. The van der Waals surface area contributed by atoms with Crippen LogP contribution in [0.25, 0.3) is 0 Å². The number of unbranched alkanes of at least 4 members (excludes halogenated alkanes) is 1. The van der Waals surface area contributed by atoms with Crippen molar-refractivity contribution in [2.24, 2.45) is 5.41 Å². The molecule has 0 aromatic heterocycles. The Morgan fingerprint density at radius 3 is 2.38 bits per heavy atom. The van der Waals surface area contributed by atoms with Crippen molar-refractivity contribution < 1.29 is 19.1 Å². The molecule has 1 heterocycles. The fourth-order valence-electron chi connectivity index (χ4n) is 3.22. The van der Waals surface area contributed by atoms with Crippen LogP contribution in [-0.4, -0.2) is 43.0 Å². The van der Waals surface area contributed by atoms with E-state index >= 15 is 0 Å². The third-order valence-corrected chi connectivity index (χ3v) is 4.49. The molecule has 1 saturated carbocycles. The number of carbonyl (C=O) groups is 3. The maximum Gasteiger partial charge on any atom is 0.330 e. The lowest BCUT2D eigenvalue weighted by Gasteiger charge is -2.38. The largest absolute Gasteiger partial charge is 0.385 e. The summed E-state index contributed by atoms with van der Waals surface area (Å²) in [6.45, 7) is 0.955. The fraction of sp³-hybridized carbons (Fsp3) is 0.800. The first-order valence-corrected chi connectivity index (χ1v) is 7.78. The zero-order valence-corrected chi connectivity index (χ0v) is 12.7. The molecule has 4 amide bonds. The van der Waals surface area contributed by atoms with Crippen LogP contribution in [0.5, 0.6) is 0 Å². The number of carbonyl (C=O) groups excluding carboxylic acids is 3. The SMILES string of the molecule is COCCCCN1C(=O)NC(=O)C2(CCCCCC2)C1=O. The number of nitrogens with one attached hydrogen (secondary N) is 1. The summed E-state index contributed by atoms with van der Waals surface area (Å²) >= 11 is 0. The molecule has 0 atom stereocenters. The number of rotatable bonds is 5. The van der Waals surface area contributed by atoms with Crippen LogP contribution in [0, 0.1) is 5.41 Å². The zero-order valence-electron chi connectivity index (χ0n) is 12.7. The van der Waals surface area contributed by atoms with Gasteiger partial charge in [0.1, 0.15) is 5.41 Å². The van der Waals surface area contributed by atoms with Gasteiger partial charge in [0.15, 0.2) is 0 Å². The standard InChI is InChI=1S/C15H24N2O4/c1-21-11-7-6-10-17-13(19)15(12(18)16-14(17)20)8-4-2-3-5-9-15/h2-11H2,1H3,(H,16,18,20). The van der Waals surface area contributed by atoms with Gasteiger partial charge in [-0.3, -0.25) is 19.8 Å². The maximum absolute atomic E-state index is 12.8. The van der Waals surface area contributed by atoms with E-state index in [1.807, 2.05) is 0 Å². The zero-order chi connectivity index (χ0) is 15.3. The molecule has 6 heteroatoms. The van der Waals surface area contributed by atoms with E-state index in [-0.39, 0.29) is 5.91 Å². The number of amides is 4. The Labute approximate surface area is 125 Å². The van der Waals surface area contributed by atoms with Gasteiger partial charge in [0.05, 0.1) is 0 Å². The van der Waals surface area contributed by atoms with Gasteiger partial charge in [0.25, 0.3) is 0 Å². The molecule has 2 fully saturated rings. The van der Waals surface area contributed by atoms with Crippen LogP contribution in [0.1, 0.15) is 51.4 Å². The fourth-order valence-corrected chi connectivity index (χ4v) is 3.22. The molecule has 0 bridgehead atoms. The van der Waals surface area contributed by atoms with Gasteiger partial charge in [-0.15, -0.1) is 0 Å². The lowest BCUT2D eigenvalue weighted by Crippen LogP contribution is -2.63. The second kappa shape index (κ2) is 7.02. The number of barbiturate groups is 1. The number of hydrogen-bond donors (Lipinski definition) is 1. The molecule has 1 N–H and O–H groups in total. The number of hydrogen-bond acceptors (Lipinski definition) is 4. The highest BCUT2D eigenvalue weighted by atomic mass is 16.5. The monoisotopic (exact) mass is 296 g/mol. The summed E-state index contributed by atoms with van der Waals surface area (Å²) in [6, 6.07) is -0.572. The molecule has 1 aliphatic heterocycles. The molecule has 1 saturated heterocycles. The molecule has 0 unspecified atom stereocenters. The molecule has 1 aliphatic carbocycles. The van der Waals surface area contributed by atoms with Gasteiger partial charge < -0.3 is 4.74 Å². The predicted octanol–water partition coefficient (Wildman–Crippen LogP) is 1.83. The van der Waals surface area contributed by atoms with Crippen molar-refractivity contribution in [1.29, 1.82) is 0 Å². The van der Waals surface area contributed by atoms with E-state index in [4.69, 9.17) is 4.74 Å². The average Bonchev–Trinajstić information content (AvgIpc) is 2.72. The first kappa shape index (κ1) is 15.9. The quantitative estimate of drug-likeness (QED) is 0.620. The molecule has 1 spiro atoms. The van der Waals surface area contributed by atoms with Crippen LogP contribution in [0.15, 0.2) is 0 Å². The molecular weight excluding hydrogens is 272 g/mol. The van der Waals surface area contributed by atoms with Crippen LogP contribution in [0.3, 0.4) is 0 Å². The second-order valence-corrected chi connectivity index (χ2v) is 5.91. The lowest BCUT2D eigenvalue weighted by molar-refractivity contribution is -0.152. The summed E-state index contributed by atoms with van der Waals surface area (Å²) in [4.78, 5) is 38.2. The minimum absolute atomic E-state index is 0.296. The Morgan fingerprint density at radius 1 is 1.10 bits per heavy atom. The average molecular weight is 296 g/mol. The topological polar surface area (TPSA) is 75.7 Å². The van der Waals surface area contributed by atoms with Crippen molar-refractivity contribution in [1.82, 2.24) is 10.2 Å². The number of imide groups is 2. The van der Waals surface area contributed by atoms with Crippen molar-refractivity contribution in [2.45, 2.75) is 51.4 Å². The summed E-state index contributed by atoms with van der Waals surface area (Å²) < 4.78 is 4.97. The van der Waals surface area contributed by atoms with Crippen LogP contribution in [-0.2, 0) is 14.3 Å². The van der Waals surface area contributed by atoms with Crippen molar-refractivity contribution in [3.05, 3.63) is 0 Å². The Morgan fingerprint density at radius 2 is 1.76 bits per heavy atom. The number of nitrogens with zero attached hydrogens (tertiary/aromatic N) is 1. The predicted molar refractivity (Wildman–Crippen MR) is 76.5 cm³/mol. The minimum atomic E-state index is -1.01. The van der Waals surface area contributed by atoms with Gasteiger partial charge in [-0.25, -0.2) is 4.79 Å². The van der Waals surface area contributed by atoms with Crippen molar-refractivity contribution in [3.8, 4) is 0 Å². The van der Waals surface area contributed by atoms with Crippen LogP contribution >= 0.6 is 0 Å². The summed E-state index contributed by atoms with van der Waals surface area (Å²) in [7, 11) is 1.62. The normalized spacial score (nSPS) is 22.3. The Bertz CT molecular complexity index is 414. The lowest BCUT2D eigenvalue weighted by atomic mass is 9.77. The van der Waals surface area contributed by atoms with E-state index in [1.165, 1.54) is 4.90 Å². The van der Waals surface area contributed by atoms with E-state index in [0.29, 0.717) is 32.4 Å². The Balaban J connectivity index is 2.09. The third kappa shape index (κ3) is 3.26. The van der Waals surface area contributed by atoms with Crippen molar-refractivity contribution >= 4 is 17.8 Å². The van der Waals surface area contributed by atoms with Gasteiger partial charge in [0, 0.05) is 20.3 Å². The molecule has 2 rings (SSSR count). The summed E-state index contributed by atoms with van der Waals surface area (Å²) in [5, 5.41) is 2.38. The molecule has 21 heavy (non-hydrogen) atoms. The van der Waals surface area contributed by atoms with Crippen LogP contribution in [0.2, 0.25) is 0 Å². The summed E-state index contributed by atoms with van der Waals surface area (Å²) in [5.41, 5.74) is -1.01. The van der Waals surface area contributed by atoms with Crippen LogP contribution < -0.4 is 5.32 Å². The number of methoxy groups -OCH3 is 1. The molecule has 0 aromatic carbocycles. The van der Waals surface area contributed by atoms with Gasteiger partial charge in [-0.2, -0.15) is 0 Å². The smallest absolute Gasteiger partial charge is 0.330 e.